The number of thiophene rings is 1. The van der Waals surface area contributed by atoms with E-state index in [1.165, 1.54) is 18.3 Å². The molecule has 1 aliphatic heterocycles. The van der Waals surface area contributed by atoms with Crippen LogP contribution in [-0.2, 0) is 14.4 Å². The molecule has 17 heavy (non-hydrogen) atoms. The number of piperazine rings is 1. The minimum Gasteiger partial charge on any atom is -0.320 e. The fourth-order valence-electron chi connectivity index (χ4n) is 1.47. The smallest absolute Gasteiger partial charge is 0.277 e. The van der Waals surface area contributed by atoms with Gasteiger partial charge in [0.05, 0.1) is 0 Å². The van der Waals surface area contributed by atoms with E-state index in [-0.39, 0.29) is 18.1 Å². The quantitative estimate of drug-likeness (QED) is 0.742. The molecule has 0 aromatic carbocycles. The molecule has 6 heteroatoms. The third-order valence-electron chi connectivity index (χ3n) is 2.26. The highest BCUT2D eigenvalue weighted by Crippen LogP contribution is 2.15. The summed E-state index contributed by atoms with van der Waals surface area (Å²) in [5, 5.41) is 4.34. The SMILES string of the molecule is CC(=O)N1CC(=O)N/C(=C\c2cccs2)C1=O. The minimum atomic E-state index is -0.467. The molecule has 3 amide bonds. The Morgan fingerprint density at radius 2 is 2.29 bits per heavy atom. The fourth-order valence-corrected chi connectivity index (χ4v) is 2.13. The molecular formula is C11H10N2O3S. The van der Waals surface area contributed by atoms with Crippen molar-refractivity contribution in [2.24, 2.45) is 0 Å². The van der Waals surface area contributed by atoms with Gasteiger partial charge in [0, 0.05) is 11.8 Å². The van der Waals surface area contributed by atoms with E-state index in [9.17, 15) is 14.4 Å². The average Bonchev–Trinajstić information content (AvgIpc) is 2.75. The molecular weight excluding hydrogens is 240 g/mol. The molecule has 2 heterocycles. The standard InChI is InChI=1S/C11H10N2O3S/c1-7(14)13-6-10(15)12-9(11(13)16)5-8-3-2-4-17-8/h2-5H,6H2,1H3,(H,12,15)/b9-5-. The Kier molecular flexibility index (Phi) is 3.06. The molecule has 0 radical (unpaired) electrons. The minimum absolute atomic E-state index is 0.138. The van der Waals surface area contributed by atoms with Crippen LogP contribution in [-0.4, -0.2) is 29.2 Å². The van der Waals surface area contributed by atoms with Crippen LogP contribution in [0, 0.1) is 0 Å². The van der Waals surface area contributed by atoms with Crippen LogP contribution < -0.4 is 5.32 Å². The molecule has 0 saturated carbocycles. The van der Waals surface area contributed by atoms with E-state index in [4.69, 9.17) is 0 Å². The number of amides is 3. The van der Waals surface area contributed by atoms with E-state index in [0.29, 0.717) is 0 Å². The van der Waals surface area contributed by atoms with Crippen molar-refractivity contribution in [2.45, 2.75) is 6.92 Å². The van der Waals surface area contributed by atoms with Crippen molar-refractivity contribution in [1.29, 1.82) is 0 Å². The van der Waals surface area contributed by atoms with Gasteiger partial charge in [-0.3, -0.25) is 19.3 Å². The maximum absolute atomic E-state index is 11.9. The van der Waals surface area contributed by atoms with E-state index >= 15 is 0 Å². The van der Waals surface area contributed by atoms with Crippen molar-refractivity contribution in [3.05, 3.63) is 28.1 Å². The molecule has 0 atom stereocenters. The van der Waals surface area contributed by atoms with Gasteiger partial charge in [0.25, 0.3) is 5.91 Å². The third-order valence-corrected chi connectivity index (χ3v) is 3.08. The Hall–Kier alpha value is -1.95. The van der Waals surface area contributed by atoms with Gasteiger partial charge in [-0.2, -0.15) is 0 Å². The summed E-state index contributed by atoms with van der Waals surface area (Å²) < 4.78 is 0. The summed E-state index contributed by atoms with van der Waals surface area (Å²) in [4.78, 5) is 36.2. The van der Waals surface area contributed by atoms with Crippen molar-refractivity contribution >= 4 is 35.1 Å². The molecule has 5 nitrogen and oxygen atoms in total. The lowest BCUT2D eigenvalue weighted by Gasteiger charge is -2.25. The Balaban J connectivity index is 2.31. The summed E-state index contributed by atoms with van der Waals surface area (Å²) in [6.07, 6.45) is 1.57. The molecule has 1 N–H and O–H groups in total. The maximum atomic E-state index is 11.9. The zero-order chi connectivity index (χ0) is 12.4. The molecule has 0 spiro atoms. The summed E-state index contributed by atoms with van der Waals surface area (Å²) in [5.41, 5.74) is 0.138. The Labute approximate surface area is 102 Å². The topological polar surface area (TPSA) is 66.5 Å². The summed E-state index contributed by atoms with van der Waals surface area (Å²) >= 11 is 1.45. The molecule has 0 bridgehead atoms. The van der Waals surface area contributed by atoms with Crippen LogP contribution in [0.4, 0.5) is 0 Å². The van der Waals surface area contributed by atoms with Crippen LogP contribution in [0.15, 0.2) is 23.2 Å². The fraction of sp³-hybridized carbons (Fsp3) is 0.182. The van der Waals surface area contributed by atoms with Crippen molar-refractivity contribution in [1.82, 2.24) is 10.2 Å². The van der Waals surface area contributed by atoms with Crippen molar-refractivity contribution < 1.29 is 14.4 Å². The molecule has 2 rings (SSSR count). The second-order valence-electron chi connectivity index (χ2n) is 3.53. The van der Waals surface area contributed by atoms with Crippen LogP contribution in [0.5, 0.6) is 0 Å². The number of carbonyl (C=O) groups excluding carboxylic acids is 3. The number of nitrogens with zero attached hydrogens (tertiary/aromatic N) is 1. The van der Waals surface area contributed by atoms with E-state index in [0.717, 1.165) is 9.78 Å². The molecule has 1 saturated heterocycles. The summed E-state index contributed by atoms with van der Waals surface area (Å²) in [6.45, 7) is 1.05. The van der Waals surface area contributed by atoms with Crippen LogP contribution in [0.1, 0.15) is 11.8 Å². The van der Waals surface area contributed by atoms with E-state index < -0.39 is 11.8 Å². The molecule has 1 aromatic heterocycles. The van der Waals surface area contributed by atoms with Gasteiger partial charge in [0.1, 0.15) is 12.2 Å². The van der Waals surface area contributed by atoms with Crippen molar-refractivity contribution in [3.8, 4) is 0 Å². The molecule has 0 aliphatic carbocycles. The number of hydrogen-bond donors (Lipinski definition) is 1. The Morgan fingerprint density at radius 1 is 1.53 bits per heavy atom. The van der Waals surface area contributed by atoms with Gasteiger partial charge in [-0.05, 0) is 17.5 Å². The molecule has 1 aliphatic rings. The number of imide groups is 1. The zero-order valence-corrected chi connectivity index (χ0v) is 9.91. The van der Waals surface area contributed by atoms with Gasteiger partial charge in [0.15, 0.2) is 0 Å². The lowest BCUT2D eigenvalue weighted by atomic mass is 10.2. The van der Waals surface area contributed by atoms with Gasteiger partial charge in [-0.15, -0.1) is 11.3 Å². The average molecular weight is 250 g/mol. The van der Waals surface area contributed by atoms with Crippen LogP contribution >= 0.6 is 11.3 Å². The monoisotopic (exact) mass is 250 g/mol. The second kappa shape index (κ2) is 4.50. The predicted octanol–water partition coefficient (Wildman–Crippen LogP) is 0.594. The van der Waals surface area contributed by atoms with E-state index in [1.807, 2.05) is 17.5 Å². The highest BCUT2D eigenvalue weighted by Gasteiger charge is 2.30. The van der Waals surface area contributed by atoms with E-state index in [2.05, 4.69) is 5.32 Å². The lowest BCUT2D eigenvalue weighted by molar-refractivity contribution is -0.147. The first kappa shape index (κ1) is 11.5. The summed E-state index contributed by atoms with van der Waals surface area (Å²) in [5.74, 6) is -1.25. The molecule has 0 unspecified atom stereocenters. The van der Waals surface area contributed by atoms with Gasteiger partial charge >= 0.3 is 0 Å². The van der Waals surface area contributed by atoms with Gasteiger partial charge in [-0.25, -0.2) is 0 Å². The Morgan fingerprint density at radius 3 is 2.88 bits per heavy atom. The van der Waals surface area contributed by atoms with Crippen LogP contribution in [0.3, 0.4) is 0 Å². The van der Waals surface area contributed by atoms with Gasteiger partial charge in [0.2, 0.25) is 11.8 Å². The molecule has 1 aromatic rings. The zero-order valence-electron chi connectivity index (χ0n) is 9.10. The van der Waals surface area contributed by atoms with Crippen LogP contribution in [0.2, 0.25) is 0 Å². The molecule has 1 fully saturated rings. The predicted molar refractivity (Wildman–Crippen MR) is 62.8 cm³/mol. The van der Waals surface area contributed by atoms with Crippen LogP contribution in [0.25, 0.3) is 6.08 Å². The van der Waals surface area contributed by atoms with Crippen molar-refractivity contribution in [2.75, 3.05) is 6.54 Å². The molecule has 88 valence electrons. The second-order valence-corrected chi connectivity index (χ2v) is 4.51. The number of hydrogen-bond acceptors (Lipinski definition) is 4. The highest BCUT2D eigenvalue weighted by molar-refractivity contribution is 7.10. The Bertz CT molecular complexity index is 505. The number of nitrogens with one attached hydrogen (secondary N) is 1. The third kappa shape index (κ3) is 2.42. The number of carbonyl (C=O) groups is 3. The highest BCUT2D eigenvalue weighted by atomic mass is 32.1. The maximum Gasteiger partial charge on any atom is 0.277 e. The first-order chi connectivity index (χ1) is 8.08. The first-order valence-corrected chi connectivity index (χ1v) is 5.83. The van der Waals surface area contributed by atoms with Gasteiger partial charge in [-0.1, -0.05) is 6.07 Å². The first-order valence-electron chi connectivity index (χ1n) is 4.95. The van der Waals surface area contributed by atoms with Crippen molar-refractivity contribution in [3.63, 3.8) is 0 Å². The lowest BCUT2D eigenvalue weighted by Crippen LogP contribution is -2.51. The summed E-state index contributed by atoms with van der Waals surface area (Å²) in [6, 6.07) is 3.67. The normalized spacial score (nSPS) is 18.4. The largest absolute Gasteiger partial charge is 0.320 e. The number of rotatable bonds is 1. The van der Waals surface area contributed by atoms with E-state index in [1.54, 1.807) is 6.08 Å². The van der Waals surface area contributed by atoms with Gasteiger partial charge < -0.3 is 5.32 Å². The summed E-state index contributed by atoms with van der Waals surface area (Å²) in [7, 11) is 0.